The van der Waals surface area contributed by atoms with E-state index in [2.05, 4.69) is 82.3 Å². The average molecular weight is 1220 g/mol. The second-order valence-corrected chi connectivity index (χ2v) is 20.3. The quantitative estimate of drug-likeness (QED) is 0.0677. The summed E-state index contributed by atoms with van der Waals surface area (Å²) < 4.78 is 9.08. The minimum absolute atomic E-state index is 0. The van der Waals surface area contributed by atoms with Gasteiger partial charge in [0.1, 0.15) is 24.4 Å². The first-order valence-electron chi connectivity index (χ1n) is 31.4. The van der Waals surface area contributed by atoms with Gasteiger partial charge < -0.3 is 14.9 Å². The summed E-state index contributed by atoms with van der Waals surface area (Å²) in [5.41, 5.74) is 14.2. The molecule has 87 heavy (non-hydrogen) atoms. The van der Waals surface area contributed by atoms with Gasteiger partial charge in [0.05, 0.1) is 13.2 Å². The van der Waals surface area contributed by atoms with Crippen LogP contribution in [-0.2, 0) is 55.1 Å². The van der Waals surface area contributed by atoms with Gasteiger partial charge in [0.25, 0.3) is 0 Å². The summed E-state index contributed by atoms with van der Waals surface area (Å²) in [6, 6.07) is 49.7. The number of fused-ring (bicyclic) bond motifs is 9. The third kappa shape index (κ3) is 15.7. The maximum Gasteiger partial charge on any atom is 1.00 e. The minimum atomic E-state index is -0.609. The maximum atomic E-state index is 12.4. The Morgan fingerprint density at radius 3 is 0.828 bits per heavy atom. The summed E-state index contributed by atoms with van der Waals surface area (Å²) >= 11 is 0. The number of ketones is 5. The number of benzene rings is 6. The minimum Gasteiger partial charge on any atom is -0.870 e. The van der Waals surface area contributed by atoms with Gasteiger partial charge in [0, 0.05) is 58.5 Å². The van der Waals surface area contributed by atoms with Gasteiger partial charge in [-0.25, -0.2) is 0 Å². The van der Waals surface area contributed by atoms with Crippen LogP contribution in [0.4, 0.5) is 0 Å². The number of hydrogen-bond acceptors (Lipinski definition) is 10. The predicted octanol–water partition coefficient (Wildman–Crippen LogP) is 15.4. The predicted molar refractivity (Wildman–Crippen MR) is 352 cm³/mol. The Morgan fingerprint density at radius 1 is 0.356 bits per heavy atom. The Bertz CT molecular complexity index is 2980. The van der Waals surface area contributed by atoms with E-state index >= 15 is 0 Å². The molecule has 0 atom stereocenters. The van der Waals surface area contributed by atoms with Gasteiger partial charge in [-0.1, -0.05) is 242 Å². The molecule has 12 heteroatoms. The summed E-state index contributed by atoms with van der Waals surface area (Å²) in [7, 11) is 0. The normalized spacial score (nSPS) is 19.9. The van der Waals surface area contributed by atoms with E-state index in [1.165, 1.54) is 71.9 Å². The molecular weight excluding hydrogens is 1120 g/mol. The SMILES string of the molecule is CC.CC.CC.CC.CC.CC.CCOC(=O)CC(=O)CC(=O)OCC.Cl.O=C1C(=O)c2ccccc2-c2ccccc21.O=C1CC23CC(=O)CC2(C1)c1ccccc1-c1ccccc13.[Na+].[OH-].c1ccc2c(c1)-c1ccccc1C13CCCC21CCC3. The van der Waals surface area contributed by atoms with Crippen molar-refractivity contribution in [3.05, 3.63) is 179 Å². The van der Waals surface area contributed by atoms with E-state index in [1.54, 1.807) is 49.2 Å². The van der Waals surface area contributed by atoms with E-state index in [4.69, 9.17) is 0 Å². The number of esters is 2. The molecule has 10 nitrogen and oxygen atoms in total. The first-order valence-corrected chi connectivity index (χ1v) is 31.4. The standard InChI is InChI=1S/C20H16O2.C20H20.C14H8O2.C9H14O5.6C2H6.ClH.Na.H2O/c21-13-9-19-10-14(22)12-20(19,11-13)18-8-4-2-6-16(18)15-5-1-3-7-17(15)19;1-3-9-17-15(7-1)16-8-2-4-10-18(16)20-13-5-11-19(17,20)12-6-14-20;15-13-11-7-3-1-5-9(11)10-6-2-4-8-12(10)14(13)16;1-3-13-8(11)5-7(10)6-9(12)14-4-2;6*1-2;;;/h1-8H,9-12H2;1-4,7-10H,5-6,11-14H2;1-8H;3-6H2,1-2H3;6*1-2H3;1H;;1H2/q;;;;;;;;;;;+1;/p-1. The zero-order chi connectivity index (χ0) is 62.3. The second-order valence-electron chi connectivity index (χ2n) is 20.3. The zero-order valence-electron chi connectivity index (χ0n) is 54.8. The van der Waals surface area contributed by atoms with Gasteiger partial charge >= 0.3 is 41.5 Å². The number of ether oxygens (including phenoxy) is 2. The van der Waals surface area contributed by atoms with Gasteiger partial charge in [0.15, 0.2) is 5.78 Å². The van der Waals surface area contributed by atoms with Crippen LogP contribution in [0.3, 0.4) is 0 Å². The first-order chi connectivity index (χ1) is 40.9. The molecule has 1 N–H and O–H groups in total. The van der Waals surface area contributed by atoms with Crippen molar-refractivity contribution < 1.29 is 78.1 Å². The van der Waals surface area contributed by atoms with Crippen LogP contribution in [0.5, 0.6) is 0 Å². The zero-order valence-corrected chi connectivity index (χ0v) is 57.6. The molecule has 4 saturated carbocycles. The summed E-state index contributed by atoms with van der Waals surface area (Å²) in [4.78, 5) is 81.1. The largest absolute Gasteiger partial charge is 1.00 e. The van der Waals surface area contributed by atoms with Gasteiger partial charge in [0.2, 0.25) is 11.6 Å². The molecule has 6 aromatic carbocycles. The fraction of sp³-hybridized carbons (Fsp3) is 0.427. The molecular formula is C75H96ClNaO10. The van der Waals surface area contributed by atoms with Crippen molar-refractivity contribution in [1.29, 1.82) is 0 Å². The first kappa shape index (κ1) is 78.9. The maximum absolute atomic E-state index is 12.4. The summed E-state index contributed by atoms with van der Waals surface area (Å²) in [5.74, 6) is -1.91. The molecule has 0 spiro atoms. The van der Waals surface area contributed by atoms with Crippen LogP contribution in [0.1, 0.15) is 217 Å². The molecule has 0 unspecified atom stereocenters. The molecule has 0 aromatic heterocycles. The van der Waals surface area contributed by atoms with E-state index in [9.17, 15) is 33.6 Å². The van der Waals surface area contributed by atoms with Crippen LogP contribution in [0.25, 0.3) is 33.4 Å². The van der Waals surface area contributed by atoms with Crippen LogP contribution < -0.4 is 29.6 Å². The third-order valence-electron chi connectivity index (χ3n) is 16.7. The molecule has 7 aliphatic carbocycles. The number of carbonyl (C=O) groups is 7. The summed E-state index contributed by atoms with van der Waals surface area (Å²) in [6.45, 7) is 27.7. The van der Waals surface area contributed by atoms with Crippen LogP contribution >= 0.6 is 12.4 Å². The van der Waals surface area contributed by atoms with Crippen molar-refractivity contribution in [2.75, 3.05) is 13.2 Å². The molecule has 6 aromatic rings. The van der Waals surface area contributed by atoms with Gasteiger partial charge in [-0.05, 0) is 95.2 Å². The van der Waals surface area contributed by atoms with Crippen molar-refractivity contribution >= 4 is 53.3 Å². The number of rotatable bonds is 6. The van der Waals surface area contributed by atoms with Gasteiger partial charge in [-0.15, -0.1) is 12.4 Å². The van der Waals surface area contributed by atoms with Crippen molar-refractivity contribution in [2.24, 2.45) is 0 Å². The smallest absolute Gasteiger partial charge is 0.870 e. The molecule has 0 heterocycles. The molecule has 7 aliphatic rings. The van der Waals surface area contributed by atoms with Gasteiger partial charge in [-0.3, -0.25) is 33.6 Å². The van der Waals surface area contributed by atoms with Crippen LogP contribution in [-0.4, -0.2) is 59.5 Å². The van der Waals surface area contributed by atoms with Crippen molar-refractivity contribution in [2.45, 2.75) is 196 Å². The summed E-state index contributed by atoms with van der Waals surface area (Å²) in [6.07, 6.45) is 9.75. The van der Waals surface area contributed by atoms with E-state index in [0.29, 0.717) is 59.2 Å². The molecule has 4 fully saturated rings. The topological polar surface area (TPSA) is 168 Å². The van der Waals surface area contributed by atoms with Crippen LogP contribution in [0.2, 0.25) is 0 Å². The molecule has 13 rings (SSSR count). The molecule has 0 aliphatic heterocycles. The second kappa shape index (κ2) is 37.6. The van der Waals surface area contributed by atoms with Crippen molar-refractivity contribution in [3.63, 3.8) is 0 Å². The molecule has 464 valence electrons. The van der Waals surface area contributed by atoms with Crippen molar-refractivity contribution in [1.82, 2.24) is 0 Å². The number of Topliss-reactive ketones (excluding diaryl/α,β-unsaturated/α-hetero) is 5. The van der Waals surface area contributed by atoms with Crippen LogP contribution in [0.15, 0.2) is 146 Å². The summed E-state index contributed by atoms with van der Waals surface area (Å²) in [5, 5.41) is 0. The van der Waals surface area contributed by atoms with E-state index in [1.807, 2.05) is 132 Å². The van der Waals surface area contributed by atoms with E-state index < -0.39 is 29.3 Å². The third-order valence-corrected chi connectivity index (χ3v) is 16.7. The fourth-order valence-electron chi connectivity index (χ4n) is 14.2. The molecule has 0 saturated heterocycles. The van der Waals surface area contributed by atoms with Crippen LogP contribution in [0, 0.1) is 0 Å². The average Bonchev–Trinajstić information content (AvgIpc) is 1.57. The van der Waals surface area contributed by atoms with E-state index in [0.717, 1.165) is 11.1 Å². The monoisotopic (exact) mass is 1210 g/mol. The Balaban J connectivity index is 0.000000548. The van der Waals surface area contributed by atoms with E-state index in [-0.39, 0.29) is 84.3 Å². The Kier molecular flexibility index (Phi) is 34.1. The number of carbonyl (C=O) groups excluding carboxylic acids is 7. The molecule has 0 bridgehead atoms. The Morgan fingerprint density at radius 2 is 0.575 bits per heavy atom. The van der Waals surface area contributed by atoms with Gasteiger partial charge in [-0.2, -0.15) is 0 Å². The number of hydrogen-bond donors (Lipinski definition) is 0. The molecule has 0 radical (unpaired) electrons. The Labute approximate surface area is 548 Å². The number of halogens is 1. The fourth-order valence-corrected chi connectivity index (χ4v) is 14.2. The Hall–Kier alpha value is -6.14. The van der Waals surface area contributed by atoms with Crippen molar-refractivity contribution in [3.8, 4) is 33.4 Å². The molecule has 0 amide bonds.